The van der Waals surface area contributed by atoms with Crippen LogP contribution in [0.25, 0.3) is 0 Å². The van der Waals surface area contributed by atoms with E-state index in [0.717, 1.165) is 38.2 Å². The van der Waals surface area contributed by atoms with Crippen molar-refractivity contribution in [3.05, 3.63) is 41.2 Å². The van der Waals surface area contributed by atoms with Gasteiger partial charge < -0.3 is 14.6 Å². The second kappa shape index (κ2) is 11.2. The molecular weight excluding hydrogens is 467 g/mol. The van der Waals surface area contributed by atoms with Crippen molar-refractivity contribution in [2.75, 3.05) is 6.61 Å². The number of nitrogens with one attached hydrogen (secondary N) is 1. The lowest BCUT2D eigenvalue weighted by Gasteiger charge is -2.39. The number of allylic oxidation sites excluding steroid dienone is 1. The highest BCUT2D eigenvalue weighted by Crippen LogP contribution is 2.42. The van der Waals surface area contributed by atoms with Crippen molar-refractivity contribution in [3.8, 4) is 5.75 Å². The largest absolute Gasteiger partial charge is 0.573 e. The number of halogens is 3. The van der Waals surface area contributed by atoms with Crippen LogP contribution in [-0.2, 0) is 9.53 Å². The fraction of sp³-hybridized carbons (Fsp3) is 0.600. The van der Waals surface area contributed by atoms with Crippen LogP contribution in [0.4, 0.5) is 13.2 Å². The molecular formula is C25H32F3NO4S. The van der Waals surface area contributed by atoms with Gasteiger partial charge in [-0.05, 0) is 49.7 Å². The minimum absolute atomic E-state index is 0.00715. The maximum Gasteiger partial charge on any atom is 0.573 e. The topological polar surface area (TPSA) is 79.6 Å². The summed E-state index contributed by atoms with van der Waals surface area (Å²) in [6, 6.07) is 5.47. The lowest BCUT2D eigenvalue weighted by Crippen LogP contribution is -2.38. The van der Waals surface area contributed by atoms with Crippen LogP contribution in [-0.4, -0.2) is 40.3 Å². The van der Waals surface area contributed by atoms with Crippen LogP contribution in [0.2, 0.25) is 0 Å². The Hall–Kier alpha value is -2.00. The van der Waals surface area contributed by atoms with Crippen LogP contribution in [0, 0.1) is 23.2 Å². The summed E-state index contributed by atoms with van der Waals surface area (Å²) in [6.45, 7) is 5.70. The molecule has 0 saturated heterocycles. The zero-order chi connectivity index (χ0) is 25.0. The third kappa shape index (κ3) is 7.01. The Bertz CT molecular complexity index is 929. The van der Waals surface area contributed by atoms with E-state index in [2.05, 4.69) is 18.6 Å². The Morgan fingerprint density at radius 1 is 1.24 bits per heavy atom. The van der Waals surface area contributed by atoms with E-state index in [-0.39, 0.29) is 57.5 Å². The van der Waals surface area contributed by atoms with Crippen molar-refractivity contribution in [2.45, 2.75) is 70.6 Å². The fourth-order valence-electron chi connectivity index (χ4n) is 4.65. The SMILES string of the molecule is CCC1CC(OC/C(C(=N)c2ccccc2OC(F)(F)F)=C(/O)C2CC2)CC(C)C1SC(C)=O. The van der Waals surface area contributed by atoms with E-state index in [0.29, 0.717) is 5.92 Å². The van der Waals surface area contributed by atoms with Gasteiger partial charge in [0, 0.05) is 29.2 Å². The smallest absolute Gasteiger partial charge is 0.512 e. The number of hydrogen-bond donors (Lipinski definition) is 2. The van der Waals surface area contributed by atoms with Crippen LogP contribution in [0.3, 0.4) is 0 Å². The molecule has 0 spiro atoms. The average Bonchev–Trinajstić information content (AvgIpc) is 3.59. The van der Waals surface area contributed by atoms with Gasteiger partial charge in [0.15, 0.2) is 5.12 Å². The molecule has 2 fully saturated rings. The van der Waals surface area contributed by atoms with E-state index < -0.39 is 12.1 Å². The highest BCUT2D eigenvalue weighted by molar-refractivity contribution is 8.14. The molecule has 0 bridgehead atoms. The number of carbonyl (C=O) groups excluding carboxylic acids is 1. The summed E-state index contributed by atoms with van der Waals surface area (Å²) in [6.07, 6.45) is -1.08. The van der Waals surface area contributed by atoms with Crippen molar-refractivity contribution < 1.29 is 32.5 Å². The molecule has 188 valence electrons. The van der Waals surface area contributed by atoms with Gasteiger partial charge in [-0.15, -0.1) is 13.2 Å². The van der Waals surface area contributed by atoms with Crippen molar-refractivity contribution >= 4 is 22.6 Å². The number of aliphatic hydroxyl groups is 1. The molecule has 2 aliphatic carbocycles. The molecule has 0 amide bonds. The number of ether oxygens (including phenoxy) is 2. The fourth-order valence-corrected chi connectivity index (χ4v) is 5.87. The first kappa shape index (κ1) is 26.6. The monoisotopic (exact) mass is 499 g/mol. The minimum atomic E-state index is -4.89. The molecule has 4 unspecified atom stereocenters. The summed E-state index contributed by atoms with van der Waals surface area (Å²) in [7, 11) is 0. The number of aliphatic hydroxyl groups excluding tert-OH is 1. The summed E-state index contributed by atoms with van der Waals surface area (Å²) >= 11 is 1.38. The molecule has 4 atom stereocenters. The van der Waals surface area contributed by atoms with Gasteiger partial charge in [-0.1, -0.05) is 44.2 Å². The number of hydrogen-bond acceptors (Lipinski definition) is 6. The molecule has 3 rings (SSSR count). The summed E-state index contributed by atoms with van der Waals surface area (Å²) < 4.78 is 49.0. The van der Waals surface area contributed by atoms with Crippen LogP contribution >= 0.6 is 11.8 Å². The van der Waals surface area contributed by atoms with E-state index in [4.69, 9.17) is 10.1 Å². The van der Waals surface area contributed by atoms with Gasteiger partial charge in [-0.2, -0.15) is 0 Å². The highest BCUT2D eigenvalue weighted by Gasteiger charge is 2.38. The molecule has 2 saturated carbocycles. The first-order valence-electron chi connectivity index (χ1n) is 11.6. The first-order chi connectivity index (χ1) is 16.0. The average molecular weight is 500 g/mol. The Labute approximate surface area is 202 Å². The summed E-state index contributed by atoms with van der Waals surface area (Å²) in [4.78, 5) is 11.7. The van der Waals surface area contributed by atoms with Gasteiger partial charge >= 0.3 is 6.36 Å². The van der Waals surface area contributed by atoms with Gasteiger partial charge in [0.25, 0.3) is 0 Å². The van der Waals surface area contributed by atoms with Gasteiger partial charge in [-0.3, -0.25) is 10.2 Å². The predicted octanol–water partition coefficient (Wildman–Crippen LogP) is 6.66. The quantitative estimate of drug-likeness (QED) is 0.293. The normalized spacial score (nSPS) is 26.1. The molecule has 0 radical (unpaired) electrons. The van der Waals surface area contributed by atoms with Gasteiger partial charge in [-0.25, -0.2) is 0 Å². The number of para-hydroxylation sites is 1. The molecule has 0 heterocycles. The van der Waals surface area contributed by atoms with E-state index in [1.165, 1.54) is 30.0 Å². The Morgan fingerprint density at radius 3 is 2.50 bits per heavy atom. The molecule has 9 heteroatoms. The second-order valence-electron chi connectivity index (χ2n) is 9.18. The molecule has 0 aliphatic heterocycles. The van der Waals surface area contributed by atoms with E-state index in [9.17, 15) is 23.1 Å². The van der Waals surface area contributed by atoms with Crippen LogP contribution in [0.15, 0.2) is 35.6 Å². The molecule has 2 aliphatic rings. The van der Waals surface area contributed by atoms with Gasteiger partial charge in [0.1, 0.15) is 11.5 Å². The van der Waals surface area contributed by atoms with E-state index in [1.54, 1.807) is 6.92 Å². The number of rotatable bonds is 9. The summed E-state index contributed by atoms with van der Waals surface area (Å²) in [5.41, 5.74) is -0.0844. The van der Waals surface area contributed by atoms with Gasteiger partial charge in [0.2, 0.25) is 0 Å². The molecule has 2 N–H and O–H groups in total. The van der Waals surface area contributed by atoms with Crippen molar-refractivity contribution in [2.24, 2.45) is 17.8 Å². The van der Waals surface area contributed by atoms with Gasteiger partial charge in [0.05, 0.1) is 18.4 Å². The first-order valence-corrected chi connectivity index (χ1v) is 12.5. The Balaban J connectivity index is 1.78. The lowest BCUT2D eigenvalue weighted by atomic mass is 9.79. The third-order valence-electron chi connectivity index (χ3n) is 6.47. The van der Waals surface area contributed by atoms with Crippen molar-refractivity contribution in [1.29, 1.82) is 5.41 Å². The number of benzene rings is 1. The molecule has 5 nitrogen and oxygen atoms in total. The summed E-state index contributed by atoms with van der Waals surface area (Å²) in [5.74, 6) is -0.0233. The molecule has 1 aromatic rings. The maximum atomic E-state index is 12.9. The molecule has 34 heavy (non-hydrogen) atoms. The molecule has 0 aromatic heterocycles. The Kier molecular flexibility index (Phi) is 8.73. The predicted molar refractivity (Wildman–Crippen MR) is 126 cm³/mol. The number of alkyl halides is 3. The second-order valence-corrected chi connectivity index (χ2v) is 10.5. The van der Waals surface area contributed by atoms with Crippen LogP contribution in [0.1, 0.15) is 58.4 Å². The zero-order valence-corrected chi connectivity index (χ0v) is 20.5. The zero-order valence-electron chi connectivity index (χ0n) is 19.7. The highest BCUT2D eigenvalue weighted by atomic mass is 32.2. The number of thioether (sulfide) groups is 1. The number of carbonyl (C=O) groups is 1. The maximum absolute atomic E-state index is 12.9. The van der Waals surface area contributed by atoms with Crippen molar-refractivity contribution in [1.82, 2.24) is 0 Å². The van der Waals surface area contributed by atoms with E-state index >= 15 is 0 Å². The third-order valence-corrected chi connectivity index (χ3v) is 7.93. The Morgan fingerprint density at radius 2 is 1.91 bits per heavy atom. The van der Waals surface area contributed by atoms with E-state index in [1.807, 2.05) is 0 Å². The standard InChI is InChI=1S/C25H32F3NO4S/c1-4-16-12-18(11-14(2)24(16)34-15(3)30)32-13-20(23(31)17-9-10-17)22(29)19-7-5-6-8-21(19)33-25(26,27)28/h5-8,14,16-18,24,29,31H,4,9-13H2,1-3H3/b23-20-,29-22?. The van der Waals surface area contributed by atoms with Crippen molar-refractivity contribution in [3.63, 3.8) is 0 Å². The lowest BCUT2D eigenvalue weighted by molar-refractivity contribution is -0.274. The van der Waals surface area contributed by atoms with Crippen LogP contribution < -0.4 is 4.74 Å². The molecule has 1 aromatic carbocycles. The summed E-state index contributed by atoms with van der Waals surface area (Å²) in [5, 5.41) is 19.7. The van der Waals surface area contributed by atoms with Crippen LogP contribution in [0.5, 0.6) is 5.75 Å². The minimum Gasteiger partial charge on any atom is -0.512 e.